The average molecular weight is 254 g/mol. The molecule has 0 fully saturated rings. The van der Waals surface area contributed by atoms with E-state index in [9.17, 15) is 0 Å². The topological polar surface area (TPSA) is 39.2 Å². The zero-order valence-corrected chi connectivity index (χ0v) is 9.60. The van der Waals surface area contributed by atoms with Gasteiger partial charge in [0.05, 0.1) is 6.54 Å². The van der Waals surface area contributed by atoms with Crippen LogP contribution >= 0.6 is 15.9 Å². The second kappa shape index (κ2) is 3.75. The minimum Gasteiger partial charge on any atom is -0.459 e. The smallest absolute Gasteiger partial charge is 0.137 e. The van der Waals surface area contributed by atoms with Crippen LogP contribution in [0.3, 0.4) is 0 Å². The number of benzene rings is 1. The molecule has 0 spiro atoms. The minimum atomic E-state index is 0.454. The predicted molar refractivity (Wildman–Crippen MR) is 61.2 cm³/mol. The summed E-state index contributed by atoms with van der Waals surface area (Å²) in [7, 11) is 0. The van der Waals surface area contributed by atoms with E-state index in [2.05, 4.69) is 35.0 Å². The van der Waals surface area contributed by atoms with Crippen molar-refractivity contribution in [1.29, 1.82) is 0 Å². The highest BCUT2D eigenvalue weighted by Crippen LogP contribution is 2.27. The van der Waals surface area contributed by atoms with Crippen LogP contribution in [0.1, 0.15) is 18.2 Å². The number of aryl methyl sites for hydroxylation is 1. The number of hydrogen-bond acceptors (Lipinski definition) is 2. The van der Waals surface area contributed by atoms with Crippen molar-refractivity contribution in [3.63, 3.8) is 0 Å². The van der Waals surface area contributed by atoms with Crippen molar-refractivity contribution in [3.05, 3.63) is 34.0 Å². The first-order valence-corrected chi connectivity index (χ1v) is 5.44. The molecule has 0 saturated heterocycles. The van der Waals surface area contributed by atoms with Gasteiger partial charge < -0.3 is 10.2 Å². The van der Waals surface area contributed by atoms with Crippen LogP contribution in [-0.2, 0) is 13.0 Å². The zero-order valence-electron chi connectivity index (χ0n) is 8.01. The van der Waals surface area contributed by atoms with E-state index in [4.69, 9.17) is 10.2 Å². The molecular formula is C11H12BrNO. The van der Waals surface area contributed by atoms with Crippen LogP contribution in [0.25, 0.3) is 11.0 Å². The second-order valence-electron chi connectivity index (χ2n) is 3.25. The molecule has 3 heteroatoms. The molecule has 2 N–H and O–H groups in total. The van der Waals surface area contributed by atoms with Gasteiger partial charge in [0.2, 0.25) is 0 Å². The molecule has 2 aromatic rings. The third kappa shape index (κ3) is 1.57. The quantitative estimate of drug-likeness (QED) is 0.893. The number of halogens is 1. The van der Waals surface area contributed by atoms with Gasteiger partial charge in [-0.3, -0.25) is 0 Å². The predicted octanol–water partition coefficient (Wildman–Crippen LogP) is 3.22. The normalized spacial score (nSPS) is 11.1. The number of rotatable bonds is 2. The highest BCUT2D eigenvalue weighted by molar-refractivity contribution is 9.10. The van der Waals surface area contributed by atoms with Gasteiger partial charge in [-0.25, -0.2) is 0 Å². The molecule has 0 aliphatic carbocycles. The summed E-state index contributed by atoms with van der Waals surface area (Å²) in [5.74, 6) is 0.841. The minimum absolute atomic E-state index is 0.454. The Morgan fingerprint density at radius 2 is 2.14 bits per heavy atom. The van der Waals surface area contributed by atoms with Gasteiger partial charge in [-0.1, -0.05) is 22.9 Å². The van der Waals surface area contributed by atoms with E-state index in [-0.39, 0.29) is 0 Å². The average Bonchev–Trinajstić information content (AvgIpc) is 2.59. The fourth-order valence-electron chi connectivity index (χ4n) is 1.60. The van der Waals surface area contributed by atoms with Crippen molar-refractivity contribution < 1.29 is 4.42 Å². The summed E-state index contributed by atoms with van der Waals surface area (Å²) in [5, 5.41) is 1.12. The Labute approximate surface area is 91.2 Å². The fraction of sp³-hybridized carbons (Fsp3) is 0.273. The van der Waals surface area contributed by atoms with Crippen LogP contribution < -0.4 is 5.73 Å². The largest absolute Gasteiger partial charge is 0.459 e. The third-order valence-corrected chi connectivity index (χ3v) is 2.75. The van der Waals surface area contributed by atoms with E-state index < -0.39 is 0 Å². The summed E-state index contributed by atoms with van der Waals surface area (Å²) in [5.41, 5.74) is 7.72. The van der Waals surface area contributed by atoms with Crippen LogP contribution in [-0.4, -0.2) is 0 Å². The molecule has 0 amide bonds. The summed E-state index contributed by atoms with van der Waals surface area (Å²) in [6.07, 6.45) is 0.966. The SMILES string of the molecule is CCc1cc(Br)cc2cc(CN)oc12. The number of fused-ring (bicyclic) bond motifs is 1. The molecule has 74 valence electrons. The van der Waals surface area contributed by atoms with Gasteiger partial charge in [0.25, 0.3) is 0 Å². The van der Waals surface area contributed by atoms with Gasteiger partial charge >= 0.3 is 0 Å². The number of furan rings is 1. The van der Waals surface area contributed by atoms with Crippen molar-refractivity contribution in [2.45, 2.75) is 19.9 Å². The molecule has 1 aromatic carbocycles. The van der Waals surface area contributed by atoms with E-state index in [1.807, 2.05) is 6.07 Å². The molecule has 1 aromatic heterocycles. The van der Waals surface area contributed by atoms with Gasteiger partial charge in [0.15, 0.2) is 0 Å². The van der Waals surface area contributed by atoms with E-state index in [1.54, 1.807) is 0 Å². The lowest BCUT2D eigenvalue weighted by Gasteiger charge is -1.98. The van der Waals surface area contributed by atoms with E-state index >= 15 is 0 Å². The zero-order chi connectivity index (χ0) is 10.1. The standard InChI is InChI=1S/C11H12BrNO/c1-2-7-3-9(12)4-8-5-10(6-13)14-11(7)8/h3-5H,2,6,13H2,1H3. The molecule has 2 rings (SSSR count). The van der Waals surface area contributed by atoms with Crippen molar-refractivity contribution in [2.75, 3.05) is 0 Å². The van der Waals surface area contributed by atoms with E-state index in [1.165, 1.54) is 5.56 Å². The number of nitrogens with two attached hydrogens (primary N) is 1. The molecule has 14 heavy (non-hydrogen) atoms. The van der Waals surface area contributed by atoms with E-state index in [0.29, 0.717) is 6.54 Å². The molecule has 0 bridgehead atoms. The molecule has 0 radical (unpaired) electrons. The summed E-state index contributed by atoms with van der Waals surface area (Å²) < 4.78 is 6.74. The Bertz CT molecular complexity index is 462. The highest BCUT2D eigenvalue weighted by atomic mass is 79.9. The van der Waals surface area contributed by atoms with Crippen molar-refractivity contribution >= 4 is 26.9 Å². The summed E-state index contributed by atoms with van der Waals surface area (Å²) in [4.78, 5) is 0. The first-order valence-electron chi connectivity index (χ1n) is 4.65. The van der Waals surface area contributed by atoms with Gasteiger partial charge in [0, 0.05) is 9.86 Å². The molecule has 0 unspecified atom stereocenters. The maximum Gasteiger partial charge on any atom is 0.137 e. The molecule has 0 aliphatic heterocycles. The molecule has 0 aliphatic rings. The monoisotopic (exact) mass is 253 g/mol. The summed E-state index contributed by atoms with van der Waals surface area (Å²) in [6.45, 7) is 2.57. The maximum atomic E-state index is 5.65. The Morgan fingerprint density at radius 3 is 2.79 bits per heavy atom. The van der Waals surface area contributed by atoms with Crippen LogP contribution in [0.5, 0.6) is 0 Å². The molecule has 2 nitrogen and oxygen atoms in total. The van der Waals surface area contributed by atoms with Crippen molar-refractivity contribution in [3.8, 4) is 0 Å². The van der Waals surface area contributed by atoms with Gasteiger partial charge in [-0.15, -0.1) is 0 Å². The van der Waals surface area contributed by atoms with Gasteiger partial charge in [-0.2, -0.15) is 0 Å². The molecular weight excluding hydrogens is 242 g/mol. The third-order valence-electron chi connectivity index (χ3n) is 2.29. The number of hydrogen-bond donors (Lipinski definition) is 1. The molecule has 1 heterocycles. The first-order chi connectivity index (χ1) is 6.74. The van der Waals surface area contributed by atoms with E-state index in [0.717, 1.165) is 27.6 Å². The van der Waals surface area contributed by atoms with Crippen LogP contribution in [0.4, 0.5) is 0 Å². The maximum absolute atomic E-state index is 5.65. The summed E-state index contributed by atoms with van der Waals surface area (Å²) in [6, 6.07) is 6.14. The molecule has 0 atom stereocenters. The summed E-state index contributed by atoms with van der Waals surface area (Å²) >= 11 is 3.48. The van der Waals surface area contributed by atoms with Crippen LogP contribution in [0, 0.1) is 0 Å². The highest BCUT2D eigenvalue weighted by Gasteiger charge is 2.07. The van der Waals surface area contributed by atoms with Gasteiger partial charge in [0.1, 0.15) is 11.3 Å². The van der Waals surface area contributed by atoms with Crippen LogP contribution in [0.15, 0.2) is 27.1 Å². The Morgan fingerprint density at radius 1 is 1.36 bits per heavy atom. The van der Waals surface area contributed by atoms with Crippen molar-refractivity contribution in [2.24, 2.45) is 5.73 Å². The lowest BCUT2D eigenvalue weighted by Crippen LogP contribution is -1.92. The Hall–Kier alpha value is -0.800. The Balaban J connectivity index is 2.71. The molecule has 0 saturated carbocycles. The van der Waals surface area contributed by atoms with Crippen molar-refractivity contribution in [1.82, 2.24) is 0 Å². The lowest BCUT2D eigenvalue weighted by molar-refractivity contribution is 0.549. The lowest BCUT2D eigenvalue weighted by atomic mass is 10.1. The fourth-order valence-corrected chi connectivity index (χ4v) is 2.13. The van der Waals surface area contributed by atoms with Crippen LogP contribution in [0.2, 0.25) is 0 Å². The Kier molecular flexibility index (Phi) is 2.61. The van der Waals surface area contributed by atoms with Gasteiger partial charge in [-0.05, 0) is 30.2 Å². The first kappa shape index (κ1) is 9.74. The second-order valence-corrected chi connectivity index (χ2v) is 4.17.